The fourth-order valence-corrected chi connectivity index (χ4v) is 2.47. The monoisotopic (exact) mass is 197 g/mol. The predicted octanol–water partition coefficient (Wildman–Crippen LogP) is 3.69. The van der Waals surface area contributed by atoms with Crippen LogP contribution in [0.4, 0.5) is 0 Å². The van der Waals surface area contributed by atoms with E-state index in [0.29, 0.717) is 0 Å². The van der Waals surface area contributed by atoms with Gasteiger partial charge in [0, 0.05) is 0 Å². The first-order chi connectivity index (χ1) is 6.83. The summed E-state index contributed by atoms with van der Waals surface area (Å²) in [5.41, 5.74) is 0. The second kappa shape index (κ2) is 7.28. The zero-order valence-electron chi connectivity index (χ0n) is 10.1. The normalized spacial score (nSPS) is 24.4. The van der Waals surface area contributed by atoms with Crippen molar-refractivity contribution in [3.63, 3.8) is 0 Å². The number of hydrogen-bond donors (Lipinski definition) is 0. The maximum atomic E-state index is 2.36. The molecule has 1 nitrogen and oxygen atoms in total. The summed E-state index contributed by atoms with van der Waals surface area (Å²) >= 11 is 0. The standard InChI is InChI=1S/C8H16.C5H11N/c1-2-8-6-4-3-5-7-8;1-6-4-2-3-5-6/h8H,2-7H2,1H3;2-5H2,1H3. The van der Waals surface area contributed by atoms with Gasteiger partial charge in [0.1, 0.15) is 0 Å². The maximum Gasteiger partial charge on any atom is -0.00213 e. The van der Waals surface area contributed by atoms with Crippen LogP contribution in [-0.4, -0.2) is 25.0 Å². The summed E-state index contributed by atoms with van der Waals surface area (Å²) in [6.07, 6.45) is 11.8. The molecule has 1 aliphatic heterocycles. The molecular weight excluding hydrogens is 170 g/mol. The minimum absolute atomic E-state index is 1.09. The van der Waals surface area contributed by atoms with Gasteiger partial charge in [-0.05, 0) is 38.9 Å². The summed E-state index contributed by atoms with van der Waals surface area (Å²) in [4.78, 5) is 2.36. The lowest BCUT2D eigenvalue weighted by Crippen LogP contribution is -2.10. The molecule has 0 aromatic heterocycles. The van der Waals surface area contributed by atoms with E-state index in [2.05, 4.69) is 18.9 Å². The summed E-state index contributed by atoms with van der Waals surface area (Å²) in [7, 11) is 2.17. The first-order valence-corrected chi connectivity index (χ1v) is 6.51. The van der Waals surface area contributed by atoms with E-state index in [-0.39, 0.29) is 0 Å². The first kappa shape index (κ1) is 12.0. The van der Waals surface area contributed by atoms with Crippen LogP contribution in [0.2, 0.25) is 0 Å². The third kappa shape index (κ3) is 4.99. The molecule has 84 valence electrons. The molecule has 14 heavy (non-hydrogen) atoms. The van der Waals surface area contributed by atoms with Crippen molar-refractivity contribution in [1.82, 2.24) is 4.90 Å². The topological polar surface area (TPSA) is 3.24 Å². The Morgan fingerprint density at radius 1 is 0.929 bits per heavy atom. The van der Waals surface area contributed by atoms with E-state index >= 15 is 0 Å². The molecule has 1 aliphatic carbocycles. The fraction of sp³-hybridized carbons (Fsp3) is 1.00. The molecule has 0 bridgehead atoms. The van der Waals surface area contributed by atoms with E-state index in [1.165, 1.54) is 64.5 Å². The molecule has 0 atom stereocenters. The number of nitrogens with zero attached hydrogens (tertiary/aromatic N) is 1. The lowest BCUT2D eigenvalue weighted by molar-refractivity contribution is 0.349. The Balaban J connectivity index is 0.000000146. The van der Waals surface area contributed by atoms with Crippen molar-refractivity contribution in [3.05, 3.63) is 0 Å². The quantitative estimate of drug-likeness (QED) is 0.619. The van der Waals surface area contributed by atoms with E-state index in [9.17, 15) is 0 Å². The van der Waals surface area contributed by atoms with Crippen LogP contribution in [0.1, 0.15) is 58.3 Å². The SMILES string of the molecule is CCC1CCCCC1.CN1CCCC1. The molecular formula is C13H27N. The summed E-state index contributed by atoms with van der Waals surface area (Å²) in [6.45, 7) is 4.95. The van der Waals surface area contributed by atoms with Crippen molar-refractivity contribution in [1.29, 1.82) is 0 Å². The lowest BCUT2D eigenvalue weighted by atomic mass is 9.88. The zero-order valence-corrected chi connectivity index (χ0v) is 10.1. The molecule has 0 spiro atoms. The van der Waals surface area contributed by atoms with Gasteiger partial charge >= 0.3 is 0 Å². The van der Waals surface area contributed by atoms with Gasteiger partial charge in [-0.15, -0.1) is 0 Å². The van der Waals surface area contributed by atoms with Crippen LogP contribution in [-0.2, 0) is 0 Å². The van der Waals surface area contributed by atoms with Gasteiger partial charge in [-0.3, -0.25) is 0 Å². The molecule has 2 aliphatic rings. The molecule has 1 saturated carbocycles. The highest BCUT2D eigenvalue weighted by Gasteiger charge is 2.09. The molecule has 2 fully saturated rings. The number of hydrogen-bond acceptors (Lipinski definition) is 1. The van der Waals surface area contributed by atoms with Gasteiger partial charge in [-0.2, -0.15) is 0 Å². The van der Waals surface area contributed by atoms with Gasteiger partial charge in [0.15, 0.2) is 0 Å². The van der Waals surface area contributed by atoms with Crippen LogP contribution >= 0.6 is 0 Å². The maximum absolute atomic E-state index is 2.36. The number of likely N-dealkylation sites (tertiary alicyclic amines) is 1. The zero-order chi connectivity index (χ0) is 10.2. The molecule has 0 unspecified atom stereocenters. The largest absolute Gasteiger partial charge is 0.306 e. The van der Waals surface area contributed by atoms with E-state index in [1.807, 2.05) is 0 Å². The van der Waals surface area contributed by atoms with Crippen LogP contribution < -0.4 is 0 Å². The molecule has 0 aromatic carbocycles. The van der Waals surface area contributed by atoms with E-state index in [1.54, 1.807) is 0 Å². The van der Waals surface area contributed by atoms with Crippen molar-refractivity contribution >= 4 is 0 Å². The minimum atomic E-state index is 1.09. The van der Waals surface area contributed by atoms with Gasteiger partial charge in [0.2, 0.25) is 0 Å². The molecule has 0 amide bonds. The Hall–Kier alpha value is -0.0400. The Kier molecular flexibility index (Phi) is 6.25. The van der Waals surface area contributed by atoms with Crippen LogP contribution in [0.25, 0.3) is 0 Å². The number of rotatable bonds is 1. The second-order valence-electron chi connectivity index (χ2n) is 4.92. The highest BCUT2D eigenvalue weighted by Crippen LogP contribution is 2.25. The van der Waals surface area contributed by atoms with Gasteiger partial charge in [-0.1, -0.05) is 45.4 Å². The van der Waals surface area contributed by atoms with Crippen molar-refractivity contribution in [2.24, 2.45) is 5.92 Å². The lowest BCUT2D eigenvalue weighted by Gasteiger charge is -2.18. The van der Waals surface area contributed by atoms with Crippen LogP contribution in [0.15, 0.2) is 0 Å². The predicted molar refractivity (Wildman–Crippen MR) is 63.6 cm³/mol. The molecule has 1 saturated heterocycles. The molecule has 0 radical (unpaired) electrons. The summed E-state index contributed by atoms with van der Waals surface area (Å²) in [5, 5.41) is 0. The molecule has 1 heteroatoms. The Morgan fingerprint density at radius 2 is 1.50 bits per heavy atom. The molecule has 0 aromatic rings. The van der Waals surface area contributed by atoms with E-state index < -0.39 is 0 Å². The first-order valence-electron chi connectivity index (χ1n) is 6.51. The van der Waals surface area contributed by atoms with Crippen LogP contribution in [0.3, 0.4) is 0 Å². The van der Waals surface area contributed by atoms with Gasteiger partial charge < -0.3 is 4.90 Å². The average Bonchev–Trinajstić information content (AvgIpc) is 2.71. The van der Waals surface area contributed by atoms with Gasteiger partial charge in [0.25, 0.3) is 0 Å². The molecule has 0 N–H and O–H groups in total. The van der Waals surface area contributed by atoms with Crippen molar-refractivity contribution in [2.45, 2.75) is 58.3 Å². The van der Waals surface area contributed by atoms with Crippen LogP contribution in [0.5, 0.6) is 0 Å². The molecule has 2 rings (SSSR count). The third-order valence-electron chi connectivity index (χ3n) is 3.63. The Morgan fingerprint density at radius 3 is 1.79 bits per heavy atom. The highest BCUT2D eigenvalue weighted by molar-refractivity contribution is 4.63. The van der Waals surface area contributed by atoms with E-state index in [4.69, 9.17) is 0 Å². The minimum Gasteiger partial charge on any atom is -0.306 e. The summed E-state index contributed by atoms with van der Waals surface area (Å²) in [5.74, 6) is 1.09. The Bertz CT molecular complexity index is 121. The van der Waals surface area contributed by atoms with Crippen molar-refractivity contribution in [3.8, 4) is 0 Å². The highest BCUT2D eigenvalue weighted by atomic mass is 15.1. The summed E-state index contributed by atoms with van der Waals surface area (Å²) < 4.78 is 0. The van der Waals surface area contributed by atoms with Crippen molar-refractivity contribution < 1.29 is 0 Å². The van der Waals surface area contributed by atoms with Crippen molar-refractivity contribution in [2.75, 3.05) is 20.1 Å². The van der Waals surface area contributed by atoms with E-state index in [0.717, 1.165) is 5.92 Å². The molecule has 1 heterocycles. The third-order valence-corrected chi connectivity index (χ3v) is 3.63. The van der Waals surface area contributed by atoms with Gasteiger partial charge in [0.05, 0.1) is 0 Å². The Labute approximate surface area is 89.9 Å². The average molecular weight is 197 g/mol. The fourth-order valence-electron chi connectivity index (χ4n) is 2.47. The smallest absolute Gasteiger partial charge is 0.00213 e. The second-order valence-corrected chi connectivity index (χ2v) is 4.92. The summed E-state index contributed by atoms with van der Waals surface area (Å²) in [6, 6.07) is 0. The van der Waals surface area contributed by atoms with Crippen LogP contribution in [0, 0.1) is 5.92 Å². The van der Waals surface area contributed by atoms with Gasteiger partial charge in [-0.25, -0.2) is 0 Å².